The van der Waals surface area contributed by atoms with Gasteiger partial charge in [-0.15, -0.1) is 0 Å². The van der Waals surface area contributed by atoms with Crippen LogP contribution in [0.3, 0.4) is 0 Å². The number of amides is 1. The minimum Gasteiger partial charge on any atom is -0.497 e. The molecule has 1 aliphatic heterocycles. The van der Waals surface area contributed by atoms with Gasteiger partial charge in [0.15, 0.2) is 0 Å². The van der Waals surface area contributed by atoms with E-state index in [-0.39, 0.29) is 5.91 Å². The van der Waals surface area contributed by atoms with E-state index in [0.717, 1.165) is 25.3 Å². The number of hydrogen-bond acceptors (Lipinski definition) is 4. The van der Waals surface area contributed by atoms with E-state index in [0.29, 0.717) is 22.3 Å². The van der Waals surface area contributed by atoms with Crippen molar-refractivity contribution in [2.75, 3.05) is 33.1 Å². The van der Waals surface area contributed by atoms with Gasteiger partial charge in [0.05, 0.1) is 19.8 Å². The molecular formula is C21H25NO3S. The molecule has 1 aliphatic rings. The van der Waals surface area contributed by atoms with Crippen LogP contribution in [0, 0.1) is 6.92 Å². The Morgan fingerprint density at radius 1 is 1.12 bits per heavy atom. The second kappa shape index (κ2) is 8.49. The quantitative estimate of drug-likeness (QED) is 0.802. The molecule has 0 bridgehead atoms. The largest absolute Gasteiger partial charge is 0.497 e. The van der Waals surface area contributed by atoms with Crippen molar-refractivity contribution in [3.05, 3.63) is 59.2 Å². The molecule has 1 unspecified atom stereocenters. The van der Waals surface area contributed by atoms with Gasteiger partial charge in [-0.3, -0.25) is 4.79 Å². The average molecular weight is 372 g/mol. The lowest BCUT2D eigenvalue weighted by molar-refractivity contribution is 0.0763. The third-order valence-corrected chi connectivity index (χ3v) is 6.11. The van der Waals surface area contributed by atoms with E-state index in [9.17, 15) is 4.79 Å². The lowest BCUT2D eigenvalue weighted by atomic mass is 10.0. The second-order valence-electron chi connectivity index (χ2n) is 6.36. The van der Waals surface area contributed by atoms with Crippen LogP contribution < -0.4 is 9.47 Å². The summed E-state index contributed by atoms with van der Waals surface area (Å²) in [5, 5.41) is 0.437. The molecule has 0 saturated carbocycles. The van der Waals surface area contributed by atoms with Crippen molar-refractivity contribution in [2.45, 2.75) is 18.6 Å². The first-order valence-corrected chi connectivity index (χ1v) is 9.87. The summed E-state index contributed by atoms with van der Waals surface area (Å²) in [5.74, 6) is 2.20. The Hall–Kier alpha value is -2.14. The van der Waals surface area contributed by atoms with Gasteiger partial charge in [0.25, 0.3) is 5.91 Å². The molecule has 138 valence electrons. The fourth-order valence-electron chi connectivity index (χ4n) is 3.32. The Labute approximate surface area is 159 Å². The van der Waals surface area contributed by atoms with E-state index < -0.39 is 0 Å². The Bertz CT molecular complexity index is 778. The average Bonchev–Trinajstić information content (AvgIpc) is 2.93. The molecule has 1 fully saturated rings. The van der Waals surface area contributed by atoms with Crippen molar-refractivity contribution < 1.29 is 14.3 Å². The van der Waals surface area contributed by atoms with Crippen molar-refractivity contribution >= 4 is 17.7 Å². The molecular weight excluding hydrogens is 346 g/mol. The number of hydrogen-bond donors (Lipinski definition) is 0. The summed E-state index contributed by atoms with van der Waals surface area (Å²) in [4.78, 5) is 15.0. The lowest BCUT2D eigenvalue weighted by Crippen LogP contribution is -2.33. The molecule has 0 spiro atoms. The van der Waals surface area contributed by atoms with Gasteiger partial charge in [-0.25, -0.2) is 0 Å². The van der Waals surface area contributed by atoms with Gasteiger partial charge >= 0.3 is 0 Å². The molecule has 0 aliphatic carbocycles. The molecule has 5 heteroatoms. The number of carbonyl (C=O) groups is 1. The van der Waals surface area contributed by atoms with Gasteiger partial charge in [-0.05, 0) is 36.6 Å². The molecule has 1 saturated heterocycles. The maximum absolute atomic E-state index is 13.0. The molecule has 2 aromatic rings. The summed E-state index contributed by atoms with van der Waals surface area (Å²) in [6.45, 7) is 3.66. The van der Waals surface area contributed by atoms with Gasteiger partial charge in [0.2, 0.25) is 0 Å². The van der Waals surface area contributed by atoms with Gasteiger partial charge in [-0.1, -0.05) is 24.3 Å². The van der Waals surface area contributed by atoms with Crippen LogP contribution in [0.5, 0.6) is 11.5 Å². The Morgan fingerprint density at radius 2 is 1.92 bits per heavy atom. The third-order valence-electron chi connectivity index (χ3n) is 4.80. The van der Waals surface area contributed by atoms with Crippen molar-refractivity contribution in [3.63, 3.8) is 0 Å². The van der Waals surface area contributed by atoms with Crippen molar-refractivity contribution in [1.82, 2.24) is 4.90 Å². The van der Waals surface area contributed by atoms with Crippen LogP contribution in [0.15, 0.2) is 42.5 Å². The van der Waals surface area contributed by atoms with Crippen LogP contribution in [-0.4, -0.2) is 43.9 Å². The number of ether oxygens (including phenoxy) is 2. The SMILES string of the molecule is COc1ccc(C(=O)N2CCSC(c3ccccc3C)CC2)c(OC)c1. The summed E-state index contributed by atoms with van der Waals surface area (Å²) in [6.07, 6.45) is 0.958. The van der Waals surface area contributed by atoms with Gasteiger partial charge in [-0.2, -0.15) is 11.8 Å². The molecule has 1 atom stereocenters. The highest BCUT2D eigenvalue weighted by atomic mass is 32.2. The molecule has 0 aromatic heterocycles. The van der Waals surface area contributed by atoms with Crippen LogP contribution >= 0.6 is 11.8 Å². The number of carbonyl (C=O) groups excluding carboxylic acids is 1. The van der Waals surface area contributed by atoms with Gasteiger partial charge in [0, 0.05) is 30.2 Å². The number of nitrogens with zero attached hydrogens (tertiary/aromatic N) is 1. The molecule has 0 radical (unpaired) electrons. The van der Waals surface area contributed by atoms with Crippen LogP contribution in [-0.2, 0) is 0 Å². The van der Waals surface area contributed by atoms with E-state index in [1.54, 1.807) is 32.4 Å². The highest BCUT2D eigenvalue weighted by Gasteiger charge is 2.25. The zero-order valence-electron chi connectivity index (χ0n) is 15.5. The lowest BCUT2D eigenvalue weighted by Gasteiger charge is -2.22. The standard InChI is InChI=1S/C21H25NO3S/c1-15-6-4-5-7-17(15)20-10-11-22(12-13-26-20)21(23)18-9-8-16(24-2)14-19(18)25-3/h4-9,14,20H,10-13H2,1-3H3. The number of aryl methyl sites for hydroxylation is 1. The van der Waals surface area contributed by atoms with E-state index >= 15 is 0 Å². The molecule has 1 heterocycles. The highest BCUT2D eigenvalue weighted by Crippen LogP contribution is 2.36. The molecule has 2 aromatic carbocycles. The van der Waals surface area contributed by atoms with E-state index in [2.05, 4.69) is 31.2 Å². The Balaban J connectivity index is 1.75. The minimum absolute atomic E-state index is 0.0236. The zero-order valence-corrected chi connectivity index (χ0v) is 16.3. The van der Waals surface area contributed by atoms with Crippen LogP contribution in [0.4, 0.5) is 0 Å². The normalized spacial score (nSPS) is 17.5. The topological polar surface area (TPSA) is 38.8 Å². The number of benzene rings is 2. The fraction of sp³-hybridized carbons (Fsp3) is 0.381. The second-order valence-corrected chi connectivity index (χ2v) is 7.67. The van der Waals surface area contributed by atoms with E-state index in [1.165, 1.54) is 11.1 Å². The predicted molar refractivity (Wildman–Crippen MR) is 106 cm³/mol. The molecule has 1 amide bonds. The van der Waals surface area contributed by atoms with Crippen molar-refractivity contribution in [3.8, 4) is 11.5 Å². The number of thioether (sulfide) groups is 1. The third kappa shape index (κ3) is 3.98. The Morgan fingerprint density at radius 3 is 2.65 bits per heavy atom. The molecule has 4 nitrogen and oxygen atoms in total. The summed E-state index contributed by atoms with van der Waals surface area (Å²) in [7, 11) is 3.19. The van der Waals surface area contributed by atoms with Crippen LogP contribution in [0.2, 0.25) is 0 Å². The van der Waals surface area contributed by atoms with Gasteiger partial charge in [0.1, 0.15) is 11.5 Å². The number of methoxy groups -OCH3 is 2. The number of rotatable bonds is 4. The molecule has 3 rings (SSSR count). The predicted octanol–water partition coefficient (Wildman–Crippen LogP) is 4.33. The maximum Gasteiger partial charge on any atom is 0.257 e. The smallest absolute Gasteiger partial charge is 0.257 e. The summed E-state index contributed by atoms with van der Waals surface area (Å²) >= 11 is 1.94. The summed E-state index contributed by atoms with van der Waals surface area (Å²) in [6, 6.07) is 13.9. The van der Waals surface area contributed by atoms with Crippen LogP contribution in [0.25, 0.3) is 0 Å². The molecule has 26 heavy (non-hydrogen) atoms. The zero-order chi connectivity index (χ0) is 18.5. The van der Waals surface area contributed by atoms with Gasteiger partial charge < -0.3 is 14.4 Å². The molecule has 0 N–H and O–H groups in total. The maximum atomic E-state index is 13.0. The Kier molecular flexibility index (Phi) is 6.09. The van der Waals surface area contributed by atoms with E-state index in [1.807, 2.05) is 16.7 Å². The summed E-state index contributed by atoms with van der Waals surface area (Å²) in [5.41, 5.74) is 3.29. The minimum atomic E-state index is 0.0236. The van der Waals surface area contributed by atoms with Crippen molar-refractivity contribution in [2.24, 2.45) is 0 Å². The summed E-state index contributed by atoms with van der Waals surface area (Å²) < 4.78 is 10.6. The highest BCUT2D eigenvalue weighted by molar-refractivity contribution is 7.99. The van der Waals surface area contributed by atoms with E-state index in [4.69, 9.17) is 9.47 Å². The first-order valence-electron chi connectivity index (χ1n) is 8.82. The monoisotopic (exact) mass is 371 g/mol. The first-order chi connectivity index (χ1) is 12.6. The van der Waals surface area contributed by atoms with Crippen molar-refractivity contribution in [1.29, 1.82) is 0 Å². The van der Waals surface area contributed by atoms with Crippen LogP contribution in [0.1, 0.15) is 33.2 Å². The first kappa shape index (κ1) is 18.6. The fourth-order valence-corrected chi connectivity index (χ4v) is 4.64.